The molecule has 0 unspecified atom stereocenters. The third-order valence-electron chi connectivity index (χ3n) is 3.32. The normalized spacial score (nSPS) is 10.9. The Morgan fingerprint density at radius 2 is 1.80 bits per heavy atom. The van der Waals surface area contributed by atoms with Gasteiger partial charge in [0.2, 0.25) is 0 Å². The van der Waals surface area contributed by atoms with Gasteiger partial charge in [0.15, 0.2) is 5.82 Å². The van der Waals surface area contributed by atoms with Crippen LogP contribution in [0.25, 0.3) is 22.3 Å². The first-order valence-electron chi connectivity index (χ1n) is 6.35. The van der Waals surface area contributed by atoms with E-state index in [1.54, 1.807) is 6.07 Å². The summed E-state index contributed by atoms with van der Waals surface area (Å²) in [7, 11) is 0. The molecule has 0 bridgehead atoms. The van der Waals surface area contributed by atoms with Gasteiger partial charge in [-0.05, 0) is 37.6 Å². The van der Waals surface area contributed by atoms with Crippen molar-refractivity contribution in [2.24, 2.45) is 0 Å². The molecule has 2 aromatic carbocycles. The first kappa shape index (κ1) is 12.5. The van der Waals surface area contributed by atoms with Gasteiger partial charge in [0.25, 0.3) is 0 Å². The second-order valence-electron chi connectivity index (χ2n) is 4.91. The Morgan fingerprint density at radius 1 is 1.00 bits per heavy atom. The van der Waals surface area contributed by atoms with Crippen molar-refractivity contribution in [3.63, 3.8) is 0 Å². The molecule has 0 aliphatic heterocycles. The van der Waals surface area contributed by atoms with Gasteiger partial charge in [-0.25, -0.2) is 14.4 Å². The van der Waals surface area contributed by atoms with E-state index < -0.39 is 0 Å². The van der Waals surface area contributed by atoms with E-state index >= 15 is 0 Å². The molecule has 3 nitrogen and oxygen atoms in total. The van der Waals surface area contributed by atoms with Crippen molar-refractivity contribution in [3.05, 3.63) is 53.3 Å². The van der Waals surface area contributed by atoms with Crippen molar-refractivity contribution < 1.29 is 4.39 Å². The Balaban J connectivity index is 2.29. The van der Waals surface area contributed by atoms with E-state index in [1.165, 1.54) is 12.1 Å². The SMILES string of the molecule is Cc1ccc(C)c(-c2nc(N)c3ccc(F)cc3n2)c1. The minimum absolute atomic E-state index is 0.331. The number of halogens is 1. The predicted molar refractivity (Wildman–Crippen MR) is 78.8 cm³/mol. The summed E-state index contributed by atoms with van der Waals surface area (Å²) in [5.41, 5.74) is 9.58. The van der Waals surface area contributed by atoms with Gasteiger partial charge in [0.1, 0.15) is 11.6 Å². The lowest BCUT2D eigenvalue weighted by atomic mass is 10.0. The number of rotatable bonds is 1. The maximum Gasteiger partial charge on any atom is 0.162 e. The molecular formula is C16H14FN3. The number of nitrogens with two attached hydrogens (primary N) is 1. The molecule has 20 heavy (non-hydrogen) atoms. The zero-order valence-electron chi connectivity index (χ0n) is 11.3. The Hall–Kier alpha value is -2.49. The fourth-order valence-corrected chi connectivity index (χ4v) is 2.22. The largest absolute Gasteiger partial charge is 0.383 e. The van der Waals surface area contributed by atoms with E-state index in [0.29, 0.717) is 22.5 Å². The first-order chi connectivity index (χ1) is 9.54. The summed E-state index contributed by atoms with van der Waals surface area (Å²) < 4.78 is 13.3. The molecule has 0 fully saturated rings. The van der Waals surface area contributed by atoms with Crippen molar-refractivity contribution >= 4 is 16.7 Å². The third kappa shape index (κ3) is 2.09. The molecule has 0 aliphatic rings. The van der Waals surface area contributed by atoms with Gasteiger partial charge in [-0.2, -0.15) is 0 Å². The highest BCUT2D eigenvalue weighted by Gasteiger charge is 2.10. The lowest BCUT2D eigenvalue weighted by Gasteiger charge is -2.08. The molecule has 0 saturated carbocycles. The smallest absolute Gasteiger partial charge is 0.162 e. The zero-order valence-corrected chi connectivity index (χ0v) is 11.3. The van der Waals surface area contributed by atoms with Gasteiger partial charge in [-0.15, -0.1) is 0 Å². The molecule has 0 saturated heterocycles. The van der Waals surface area contributed by atoms with Crippen molar-refractivity contribution in [1.82, 2.24) is 9.97 Å². The maximum atomic E-state index is 13.3. The topological polar surface area (TPSA) is 51.8 Å². The number of nitrogens with zero attached hydrogens (tertiary/aromatic N) is 2. The molecule has 0 spiro atoms. The van der Waals surface area contributed by atoms with Crippen molar-refractivity contribution in [1.29, 1.82) is 0 Å². The number of fused-ring (bicyclic) bond motifs is 1. The van der Waals surface area contributed by atoms with Crippen LogP contribution < -0.4 is 5.73 Å². The summed E-state index contributed by atoms with van der Waals surface area (Å²) in [5.74, 6) is 0.565. The van der Waals surface area contributed by atoms with Crippen LogP contribution in [0.2, 0.25) is 0 Å². The molecule has 2 N–H and O–H groups in total. The van der Waals surface area contributed by atoms with Crippen LogP contribution in [-0.4, -0.2) is 9.97 Å². The molecule has 0 atom stereocenters. The van der Waals surface area contributed by atoms with E-state index in [2.05, 4.69) is 9.97 Å². The van der Waals surface area contributed by atoms with Gasteiger partial charge >= 0.3 is 0 Å². The summed E-state index contributed by atoms with van der Waals surface area (Å²) in [6.07, 6.45) is 0. The van der Waals surface area contributed by atoms with Crippen LogP contribution in [0.5, 0.6) is 0 Å². The summed E-state index contributed by atoms with van der Waals surface area (Å²) >= 11 is 0. The van der Waals surface area contributed by atoms with Crippen LogP contribution in [0.3, 0.4) is 0 Å². The van der Waals surface area contributed by atoms with E-state index in [1.807, 2.05) is 32.0 Å². The molecule has 0 amide bonds. The molecular weight excluding hydrogens is 253 g/mol. The highest BCUT2D eigenvalue weighted by molar-refractivity contribution is 5.89. The van der Waals surface area contributed by atoms with Gasteiger partial charge in [0.05, 0.1) is 5.52 Å². The molecule has 3 rings (SSSR count). The van der Waals surface area contributed by atoms with Crippen molar-refractivity contribution in [3.8, 4) is 11.4 Å². The Kier molecular flexibility index (Phi) is 2.86. The monoisotopic (exact) mass is 267 g/mol. The number of anilines is 1. The summed E-state index contributed by atoms with van der Waals surface area (Å²) in [5, 5.41) is 0.667. The molecule has 1 heterocycles. The zero-order chi connectivity index (χ0) is 14.3. The van der Waals surface area contributed by atoms with E-state index in [0.717, 1.165) is 16.7 Å². The number of hydrogen-bond donors (Lipinski definition) is 1. The average Bonchev–Trinajstić information content (AvgIpc) is 2.41. The molecule has 0 radical (unpaired) electrons. The summed E-state index contributed by atoms with van der Waals surface area (Å²) in [4.78, 5) is 8.79. The van der Waals surface area contributed by atoms with Crippen LogP contribution in [0.15, 0.2) is 36.4 Å². The fraction of sp³-hybridized carbons (Fsp3) is 0.125. The van der Waals surface area contributed by atoms with Gasteiger partial charge in [0, 0.05) is 17.0 Å². The quantitative estimate of drug-likeness (QED) is 0.732. The first-order valence-corrected chi connectivity index (χ1v) is 6.35. The van der Waals surface area contributed by atoms with Gasteiger partial charge in [-0.1, -0.05) is 17.7 Å². The highest BCUT2D eigenvalue weighted by Crippen LogP contribution is 2.26. The molecule has 1 aromatic heterocycles. The Bertz CT molecular complexity index is 812. The van der Waals surface area contributed by atoms with Gasteiger partial charge in [-0.3, -0.25) is 0 Å². The average molecular weight is 267 g/mol. The third-order valence-corrected chi connectivity index (χ3v) is 3.32. The summed E-state index contributed by atoms with van der Waals surface area (Å²) in [6, 6.07) is 10.4. The van der Waals surface area contributed by atoms with Crippen molar-refractivity contribution in [2.45, 2.75) is 13.8 Å². The van der Waals surface area contributed by atoms with Crippen LogP contribution in [0, 0.1) is 19.7 Å². The predicted octanol–water partition coefficient (Wildman–Crippen LogP) is 3.63. The maximum absolute atomic E-state index is 13.3. The van der Waals surface area contributed by atoms with Crippen LogP contribution >= 0.6 is 0 Å². The van der Waals surface area contributed by atoms with E-state index in [4.69, 9.17) is 5.73 Å². The van der Waals surface area contributed by atoms with Crippen LogP contribution in [0.4, 0.5) is 10.2 Å². The molecule has 0 aliphatic carbocycles. The second-order valence-corrected chi connectivity index (χ2v) is 4.91. The standard InChI is InChI=1S/C16H14FN3/c1-9-3-4-10(2)13(7-9)16-19-14-8-11(17)5-6-12(14)15(18)20-16/h3-8H,1-2H3,(H2,18,19,20). The van der Waals surface area contributed by atoms with Crippen molar-refractivity contribution in [2.75, 3.05) is 5.73 Å². The number of benzene rings is 2. The molecule has 100 valence electrons. The lowest BCUT2D eigenvalue weighted by molar-refractivity contribution is 0.629. The number of hydrogen-bond acceptors (Lipinski definition) is 3. The Labute approximate surface area is 116 Å². The van der Waals surface area contributed by atoms with Gasteiger partial charge < -0.3 is 5.73 Å². The second kappa shape index (κ2) is 4.56. The fourth-order valence-electron chi connectivity index (χ4n) is 2.22. The Morgan fingerprint density at radius 3 is 2.60 bits per heavy atom. The number of nitrogen functional groups attached to an aromatic ring is 1. The molecule has 3 aromatic rings. The van der Waals surface area contributed by atoms with E-state index in [9.17, 15) is 4.39 Å². The lowest BCUT2D eigenvalue weighted by Crippen LogP contribution is -1.99. The van der Waals surface area contributed by atoms with E-state index in [-0.39, 0.29) is 5.82 Å². The highest BCUT2D eigenvalue weighted by atomic mass is 19.1. The minimum atomic E-state index is -0.331. The van der Waals surface area contributed by atoms with Crippen LogP contribution in [-0.2, 0) is 0 Å². The van der Waals surface area contributed by atoms with Crippen LogP contribution in [0.1, 0.15) is 11.1 Å². The number of aromatic nitrogens is 2. The molecule has 4 heteroatoms. The minimum Gasteiger partial charge on any atom is -0.383 e. The number of aryl methyl sites for hydroxylation is 2. The summed E-state index contributed by atoms with van der Waals surface area (Å²) in [6.45, 7) is 4.00.